The molecule has 2 N–H and O–H groups in total. The van der Waals surface area contributed by atoms with Crippen molar-refractivity contribution >= 4 is 5.69 Å². The van der Waals surface area contributed by atoms with Crippen LogP contribution in [0.2, 0.25) is 0 Å². The number of aliphatic hydroxyl groups is 1. The fourth-order valence-electron chi connectivity index (χ4n) is 2.12. The molecule has 3 nitrogen and oxygen atoms in total. The predicted octanol–water partition coefficient (Wildman–Crippen LogP) is 3.29. The zero-order chi connectivity index (χ0) is 14.5. The lowest BCUT2D eigenvalue weighted by Crippen LogP contribution is -2.15. The molecule has 0 saturated heterocycles. The zero-order valence-electron chi connectivity index (χ0n) is 11.6. The Morgan fingerprint density at radius 3 is 2.60 bits per heavy atom. The maximum Gasteiger partial charge on any atom is 0.146 e. The van der Waals surface area contributed by atoms with Crippen LogP contribution in [0.3, 0.4) is 0 Å². The summed E-state index contributed by atoms with van der Waals surface area (Å²) in [7, 11) is 1.61. The molecule has 0 fully saturated rings. The smallest absolute Gasteiger partial charge is 0.146 e. The number of aliphatic hydroxyl groups excluding tert-OH is 1. The lowest BCUT2D eigenvalue weighted by atomic mass is 10.0. The molecule has 1 unspecified atom stereocenters. The van der Waals surface area contributed by atoms with E-state index in [4.69, 9.17) is 4.74 Å². The molecule has 4 heteroatoms. The molecule has 0 aromatic heterocycles. The van der Waals surface area contributed by atoms with Gasteiger partial charge in [0.05, 0.1) is 25.4 Å². The summed E-state index contributed by atoms with van der Waals surface area (Å²) in [6.45, 7) is 1.81. The second-order valence-electron chi connectivity index (χ2n) is 4.59. The Balaban J connectivity index is 2.24. The summed E-state index contributed by atoms with van der Waals surface area (Å²) in [4.78, 5) is 0. The van der Waals surface area contributed by atoms with E-state index in [9.17, 15) is 9.50 Å². The number of hydrogen-bond donors (Lipinski definition) is 2. The Hall–Kier alpha value is -2.07. The summed E-state index contributed by atoms with van der Waals surface area (Å²) in [6, 6.07) is 11.7. The van der Waals surface area contributed by atoms with E-state index in [0.717, 1.165) is 16.9 Å². The van der Waals surface area contributed by atoms with Gasteiger partial charge >= 0.3 is 0 Å². The molecule has 2 rings (SSSR count). The number of rotatable bonds is 5. The van der Waals surface area contributed by atoms with E-state index in [1.165, 1.54) is 6.07 Å². The first-order chi connectivity index (χ1) is 9.65. The van der Waals surface area contributed by atoms with Gasteiger partial charge in [-0.2, -0.15) is 0 Å². The minimum atomic E-state index is -0.364. The number of aryl methyl sites for hydroxylation is 1. The molecule has 0 bridgehead atoms. The molecule has 2 aromatic rings. The Kier molecular flexibility index (Phi) is 4.58. The number of benzene rings is 2. The molecule has 0 radical (unpaired) electrons. The van der Waals surface area contributed by atoms with Crippen LogP contribution in [0.25, 0.3) is 0 Å². The van der Waals surface area contributed by atoms with Crippen LogP contribution in [0.5, 0.6) is 5.75 Å². The molecule has 0 amide bonds. The van der Waals surface area contributed by atoms with E-state index in [1.807, 2.05) is 25.1 Å². The molecule has 0 aliphatic rings. The summed E-state index contributed by atoms with van der Waals surface area (Å²) in [5.41, 5.74) is 2.23. The van der Waals surface area contributed by atoms with Gasteiger partial charge in [0.25, 0.3) is 0 Å². The number of halogens is 1. The molecule has 20 heavy (non-hydrogen) atoms. The minimum absolute atomic E-state index is 0.125. The van der Waals surface area contributed by atoms with Gasteiger partial charge in [-0.05, 0) is 36.2 Å². The average molecular weight is 275 g/mol. The standard InChI is InChI=1S/C16H18FNO2/c1-11-9-12(7-8-16(11)20-2)15(10-19)18-14-6-4-3-5-13(14)17/h3-9,15,18-19H,10H2,1-2H3. The van der Waals surface area contributed by atoms with Gasteiger partial charge in [-0.25, -0.2) is 4.39 Å². The maximum atomic E-state index is 13.6. The topological polar surface area (TPSA) is 41.5 Å². The van der Waals surface area contributed by atoms with Crippen molar-refractivity contribution in [2.45, 2.75) is 13.0 Å². The fourth-order valence-corrected chi connectivity index (χ4v) is 2.12. The van der Waals surface area contributed by atoms with Gasteiger partial charge in [-0.1, -0.05) is 24.3 Å². The van der Waals surface area contributed by atoms with Gasteiger partial charge < -0.3 is 15.2 Å². The second kappa shape index (κ2) is 6.39. The van der Waals surface area contributed by atoms with E-state index in [1.54, 1.807) is 25.3 Å². The van der Waals surface area contributed by atoms with Crippen molar-refractivity contribution in [2.24, 2.45) is 0 Å². The molecular formula is C16H18FNO2. The first-order valence-corrected chi connectivity index (χ1v) is 6.42. The normalized spacial score (nSPS) is 12.0. The van der Waals surface area contributed by atoms with Crippen molar-refractivity contribution in [3.05, 3.63) is 59.4 Å². The highest BCUT2D eigenvalue weighted by atomic mass is 19.1. The molecule has 106 valence electrons. The highest BCUT2D eigenvalue weighted by Crippen LogP contribution is 2.25. The highest BCUT2D eigenvalue weighted by Gasteiger charge is 2.13. The van der Waals surface area contributed by atoms with Crippen LogP contribution >= 0.6 is 0 Å². The summed E-state index contributed by atoms with van der Waals surface area (Å²) in [5.74, 6) is 0.451. The van der Waals surface area contributed by atoms with Crippen LogP contribution in [0, 0.1) is 12.7 Å². The monoisotopic (exact) mass is 275 g/mol. The lowest BCUT2D eigenvalue weighted by molar-refractivity contribution is 0.276. The third kappa shape index (κ3) is 3.08. The predicted molar refractivity (Wildman–Crippen MR) is 77.6 cm³/mol. The summed E-state index contributed by atoms with van der Waals surface area (Å²) >= 11 is 0. The fraction of sp³-hybridized carbons (Fsp3) is 0.250. The van der Waals surface area contributed by atoms with Crippen LogP contribution in [0.15, 0.2) is 42.5 Å². The maximum absolute atomic E-state index is 13.6. The Morgan fingerprint density at radius 1 is 1.25 bits per heavy atom. The number of anilines is 1. The number of hydrogen-bond acceptors (Lipinski definition) is 3. The lowest BCUT2D eigenvalue weighted by Gasteiger charge is -2.19. The van der Waals surface area contributed by atoms with Gasteiger partial charge in [0.2, 0.25) is 0 Å². The number of para-hydroxylation sites is 1. The van der Waals surface area contributed by atoms with Gasteiger partial charge in [0, 0.05) is 0 Å². The first-order valence-electron chi connectivity index (χ1n) is 6.42. The largest absolute Gasteiger partial charge is 0.496 e. The SMILES string of the molecule is COc1ccc(C(CO)Nc2ccccc2F)cc1C. The molecule has 0 saturated carbocycles. The molecule has 0 aliphatic carbocycles. The first kappa shape index (κ1) is 14.3. The molecule has 0 spiro atoms. The number of nitrogens with one attached hydrogen (secondary N) is 1. The molecule has 0 heterocycles. The van der Waals surface area contributed by atoms with Crippen molar-refractivity contribution in [1.82, 2.24) is 0 Å². The Morgan fingerprint density at radius 2 is 2.00 bits per heavy atom. The highest BCUT2D eigenvalue weighted by molar-refractivity contribution is 5.48. The molecule has 1 atom stereocenters. The van der Waals surface area contributed by atoms with E-state index >= 15 is 0 Å². The molecule has 0 aliphatic heterocycles. The minimum Gasteiger partial charge on any atom is -0.496 e. The molecule has 2 aromatic carbocycles. The number of methoxy groups -OCH3 is 1. The third-order valence-electron chi connectivity index (χ3n) is 3.21. The quantitative estimate of drug-likeness (QED) is 0.879. The van der Waals surface area contributed by atoms with E-state index in [0.29, 0.717) is 5.69 Å². The summed E-state index contributed by atoms with van der Waals surface area (Å²) in [5, 5.41) is 12.5. The third-order valence-corrected chi connectivity index (χ3v) is 3.21. The average Bonchev–Trinajstić information content (AvgIpc) is 2.46. The Labute approximate surface area is 118 Å². The van der Waals surface area contributed by atoms with Crippen molar-refractivity contribution in [3.63, 3.8) is 0 Å². The second-order valence-corrected chi connectivity index (χ2v) is 4.59. The van der Waals surface area contributed by atoms with E-state index in [2.05, 4.69) is 5.32 Å². The van der Waals surface area contributed by atoms with Gasteiger partial charge in [0.1, 0.15) is 11.6 Å². The molecular weight excluding hydrogens is 257 g/mol. The van der Waals surface area contributed by atoms with Gasteiger partial charge in [0.15, 0.2) is 0 Å². The van der Waals surface area contributed by atoms with E-state index in [-0.39, 0.29) is 18.5 Å². The van der Waals surface area contributed by atoms with Crippen molar-refractivity contribution < 1.29 is 14.2 Å². The summed E-state index contributed by atoms with van der Waals surface area (Å²) in [6.07, 6.45) is 0. The van der Waals surface area contributed by atoms with Crippen LogP contribution in [0.4, 0.5) is 10.1 Å². The van der Waals surface area contributed by atoms with Crippen molar-refractivity contribution in [3.8, 4) is 5.75 Å². The van der Waals surface area contributed by atoms with E-state index < -0.39 is 0 Å². The van der Waals surface area contributed by atoms with Gasteiger partial charge in [-0.15, -0.1) is 0 Å². The van der Waals surface area contributed by atoms with Crippen LogP contribution in [-0.4, -0.2) is 18.8 Å². The van der Waals surface area contributed by atoms with Crippen LogP contribution in [0.1, 0.15) is 17.2 Å². The van der Waals surface area contributed by atoms with Crippen molar-refractivity contribution in [1.29, 1.82) is 0 Å². The van der Waals surface area contributed by atoms with Crippen molar-refractivity contribution in [2.75, 3.05) is 19.0 Å². The number of ether oxygens (including phenoxy) is 1. The van der Waals surface area contributed by atoms with Crippen LogP contribution < -0.4 is 10.1 Å². The van der Waals surface area contributed by atoms with Gasteiger partial charge in [-0.3, -0.25) is 0 Å². The Bertz CT molecular complexity index is 586. The zero-order valence-corrected chi connectivity index (χ0v) is 11.6. The summed E-state index contributed by atoms with van der Waals surface area (Å²) < 4.78 is 18.8. The van der Waals surface area contributed by atoms with Crippen LogP contribution in [-0.2, 0) is 0 Å².